The summed E-state index contributed by atoms with van der Waals surface area (Å²) in [5, 5.41) is 0.498. The van der Waals surface area contributed by atoms with E-state index in [1.54, 1.807) is 4.90 Å². The normalized spacial score (nSPS) is 14.9. The molecule has 0 aliphatic carbocycles. The molecule has 1 aromatic heterocycles. The van der Waals surface area contributed by atoms with Gasteiger partial charge in [0.15, 0.2) is 5.43 Å². The van der Waals surface area contributed by atoms with Crippen LogP contribution in [0.4, 0.5) is 5.69 Å². The van der Waals surface area contributed by atoms with Crippen molar-refractivity contribution in [2.75, 3.05) is 11.5 Å². The van der Waals surface area contributed by atoms with Gasteiger partial charge in [0.2, 0.25) is 5.76 Å². The fraction of sp³-hybridized carbons (Fsp3) is 0.312. The summed E-state index contributed by atoms with van der Waals surface area (Å²) < 4.78 is 12.1. The summed E-state index contributed by atoms with van der Waals surface area (Å²) in [4.78, 5) is 29.5. The van der Waals surface area contributed by atoms with Gasteiger partial charge in [-0.05, 0) is 98.3 Å². The summed E-state index contributed by atoms with van der Waals surface area (Å²) in [6.07, 6.45) is 3.28. The topological polar surface area (TPSA) is 59.8 Å². The number of benzene rings is 3. The predicted octanol–water partition coefficient (Wildman–Crippen LogP) is 7.35. The van der Waals surface area contributed by atoms with Crippen LogP contribution in [-0.4, -0.2) is 12.5 Å². The maximum atomic E-state index is 13.9. The van der Waals surface area contributed by atoms with Gasteiger partial charge in [0, 0.05) is 5.69 Å². The highest BCUT2D eigenvalue weighted by Gasteiger charge is 2.43. The molecule has 0 N–H and O–H groups in total. The summed E-state index contributed by atoms with van der Waals surface area (Å²) in [7, 11) is 0. The SMILES string of the molecule is CCCCCOc1ccc(C2c3c(oc4cc(C)c(C)cc4c3=O)C(=O)N2c2ccc(C)c(C)c2)cc1. The fourth-order valence-corrected chi connectivity index (χ4v) is 4.97. The molecule has 3 aromatic carbocycles. The van der Waals surface area contributed by atoms with Gasteiger partial charge in [0.1, 0.15) is 11.3 Å². The van der Waals surface area contributed by atoms with Gasteiger partial charge in [-0.3, -0.25) is 14.5 Å². The zero-order valence-corrected chi connectivity index (χ0v) is 22.2. The van der Waals surface area contributed by atoms with E-state index < -0.39 is 6.04 Å². The number of hydrogen-bond donors (Lipinski definition) is 0. The molecule has 1 aliphatic rings. The molecule has 0 radical (unpaired) electrons. The van der Waals surface area contributed by atoms with Gasteiger partial charge in [-0.2, -0.15) is 0 Å². The van der Waals surface area contributed by atoms with Gasteiger partial charge in [-0.1, -0.05) is 38.0 Å². The highest BCUT2D eigenvalue weighted by Crippen LogP contribution is 2.42. The molecule has 5 rings (SSSR count). The maximum absolute atomic E-state index is 13.9. The molecule has 4 aromatic rings. The summed E-state index contributed by atoms with van der Waals surface area (Å²) in [5.41, 5.74) is 6.47. The Balaban J connectivity index is 1.65. The van der Waals surface area contributed by atoms with Crippen molar-refractivity contribution in [1.29, 1.82) is 0 Å². The van der Waals surface area contributed by atoms with Crippen molar-refractivity contribution in [2.24, 2.45) is 0 Å². The average Bonchev–Trinajstić information content (AvgIpc) is 3.17. The van der Waals surface area contributed by atoms with Crippen LogP contribution in [0.5, 0.6) is 5.75 Å². The predicted molar refractivity (Wildman–Crippen MR) is 148 cm³/mol. The number of unbranched alkanes of at least 4 members (excludes halogenated alkanes) is 2. The Labute approximate surface area is 217 Å². The fourth-order valence-electron chi connectivity index (χ4n) is 4.97. The molecule has 5 heteroatoms. The van der Waals surface area contributed by atoms with Gasteiger partial charge >= 0.3 is 0 Å². The molecule has 5 nitrogen and oxygen atoms in total. The van der Waals surface area contributed by atoms with E-state index in [0.29, 0.717) is 23.1 Å². The highest BCUT2D eigenvalue weighted by molar-refractivity contribution is 6.10. The summed E-state index contributed by atoms with van der Waals surface area (Å²) in [6.45, 7) is 10.8. The van der Waals surface area contributed by atoms with E-state index in [9.17, 15) is 9.59 Å². The smallest absolute Gasteiger partial charge is 0.295 e. The molecule has 1 amide bonds. The quantitative estimate of drug-likeness (QED) is 0.252. The minimum absolute atomic E-state index is 0.115. The van der Waals surface area contributed by atoms with Crippen LogP contribution < -0.4 is 15.1 Å². The monoisotopic (exact) mass is 495 g/mol. The number of fused-ring (bicyclic) bond motifs is 2. The van der Waals surface area contributed by atoms with Crippen LogP contribution >= 0.6 is 0 Å². The molecule has 0 bridgehead atoms. The zero-order chi connectivity index (χ0) is 26.3. The number of carbonyl (C=O) groups excluding carboxylic acids is 1. The van der Waals surface area contributed by atoms with Crippen LogP contribution in [0.1, 0.15) is 76.2 Å². The van der Waals surface area contributed by atoms with Crippen LogP contribution in [0.15, 0.2) is 63.8 Å². The highest BCUT2D eigenvalue weighted by atomic mass is 16.5. The van der Waals surface area contributed by atoms with Crippen LogP contribution in [-0.2, 0) is 0 Å². The lowest BCUT2D eigenvalue weighted by atomic mass is 9.97. The number of aryl methyl sites for hydroxylation is 4. The summed E-state index contributed by atoms with van der Waals surface area (Å²) in [6, 6.07) is 16.8. The van der Waals surface area contributed by atoms with Crippen LogP contribution in [0.25, 0.3) is 11.0 Å². The Morgan fingerprint density at radius 3 is 2.24 bits per heavy atom. The second-order valence-corrected chi connectivity index (χ2v) is 10.1. The molecule has 0 spiro atoms. The number of rotatable bonds is 7. The third kappa shape index (κ3) is 4.43. The van der Waals surface area contributed by atoms with Crippen molar-refractivity contribution >= 4 is 22.6 Å². The van der Waals surface area contributed by atoms with E-state index in [4.69, 9.17) is 9.15 Å². The lowest BCUT2D eigenvalue weighted by Gasteiger charge is -2.26. The van der Waals surface area contributed by atoms with E-state index in [2.05, 4.69) is 6.92 Å². The molecule has 0 saturated heterocycles. The number of ether oxygens (including phenoxy) is 1. The largest absolute Gasteiger partial charge is 0.494 e. The Morgan fingerprint density at radius 2 is 1.54 bits per heavy atom. The maximum Gasteiger partial charge on any atom is 0.295 e. The molecule has 0 saturated carbocycles. The Bertz CT molecular complexity index is 1550. The standard InChI is InChI=1S/C32H33NO4/c1-6-7-8-15-36-25-13-10-23(11-14-25)29-28-30(34)26-17-21(4)22(5)18-27(26)37-31(28)32(35)33(29)24-12-9-19(2)20(3)16-24/h9-14,16-18,29H,6-8,15H2,1-5H3. The molecule has 1 aliphatic heterocycles. The average molecular weight is 496 g/mol. The Hall–Kier alpha value is -3.86. The van der Waals surface area contributed by atoms with Gasteiger partial charge in [0.05, 0.1) is 23.6 Å². The molecule has 190 valence electrons. The van der Waals surface area contributed by atoms with E-state index >= 15 is 0 Å². The zero-order valence-electron chi connectivity index (χ0n) is 22.2. The Morgan fingerprint density at radius 1 is 0.838 bits per heavy atom. The number of amides is 1. The summed E-state index contributed by atoms with van der Waals surface area (Å²) in [5.74, 6) is 0.586. The molecular weight excluding hydrogens is 462 g/mol. The first-order valence-corrected chi connectivity index (χ1v) is 13.0. The van der Waals surface area contributed by atoms with Gasteiger partial charge < -0.3 is 9.15 Å². The molecule has 2 heterocycles. The van der Waals surface area contributed by atoms with Crippen LogP contribution in [0, 0.1) is 27.7 Å². The van der Waals surface area contributed by atoms with Gasteiger partial charge in [-0.15, -0.1) is 0 Å². The number of carbonyl (C=O) groups is 1. The third-order valence-electron chi connectivity index (χ3n) is 7.47. The number of hydrogen-bond acceptors (Lipinski definition) is 4. The van der Waals surface area contributed by atoms with Gasteiger partial charge in [0.25, 0.3) is 5.91 Å². The molecular formula is C32H33NO4. The second-order valence-electron chi connectivity index (χ2n) is 10.1. The number of anilines is 1. The van der Waals surface area contributed by atoms with Crippen molar-refractivity contribution in [3.05, 3.63) is 104 Å². The van der Waals surface area contributed by atoms with Crippen molar-refractivity contribution < 1.29 is 13.9 Å². The second kappa shape index (κ2) is 9.89. The lowest BCUT2D eigenvalue weighted by molar-refractivity contribution is 0.0971. The van der Waals surface area contributed by atoms with Crippen molar-refractivity contribution in [3.8, 4) is 5.75 Å². The molecule has 1 atom stereocenters. The Kier molecular flexibility index (Phi) is 6.63. The van der Waals surface area contributed by atoms with Crippen molar-refractivity contribution in [1.82, 2.24) is 0 Å². The third-order valence-corrected chi connectivity index (χ3v) is 7.47. The van der Waals surface area contributed by atoms with E-state index in [0.717, 1.165) is 58.5 Å². The number of nitrogens with zero attached hydrogens (tertiary/aromatic N) is 1. The minimum atomic E-state index is -0.596. The van der Waals surface area contributed by atoms with E-state index in [1.165, 1.54) is 0 Å². The van der Waals surface area contributed by atoms with Crippen LogP contribution in [0.2, 0.25) is 0 Å². The van der Waals surface area contributed by atoms with Gasteiger partial charge in [-0.25, -0.2) is 0 Å². The van der Waals surface area contributed by atoms with E-state index in [-0.39, 0.29) is 17.1 Å². The molecule has 37 heavy (non-hydrogen) atoms. The first kappa shape index (κ1) is 24.8. The summed E-state index contributed by atoms with van der Waals surface area (Å²) >= 11 is 0. The molecule has 0 fully saturated rings. The minimum Gasteiger partial charge on any atom is -0.494 e. The van der Waals surface area contributed by atoms with E-state index in [1.807, 2.05) is 82.3 Å². The molecule has 1 unspecified atom stereocenters. The first-order valence-electron chi connectivity index (χ1n) is 13.0. The van der Waals surface area contributed by atoms with Crippen molar-refractivity contribution in [2.45, 2.75) is 59.9 Å². The lowest BCUT2D eigenvalue weighted by Crippen LogP contribution is -2.29. The van der Waals surface area contributed by atoms with Crippen LogP contribution in [0.3, 0.4) is 0 Å². The first-order chi connectivity index (χ1) is 17.8. The van der Waals surface area contributed by atoms with Crippen molar-refractivity contribution in [3.63, 3.8) is 0 Å².